The molecule has 5 rings (SSSR count). The van der Waals surface area contributed by atoms with Crippen molar-refractivity contribution in [3.63, 3.8) is 0 Å². The first kappa shape index (κ1) is 21.8. The Labute approximate surface area is 196 Å². The number of benzene rings is 1. The number of hydrogen-bond donors (Lipinski definition) is 2. The lowest BCUT2D eigenvalue weighted by atomic mass is 10.1. The van der Waals surface area contributed by atoms with Crippen LogP contribution < -0.4 is 15.5 Å². The van der Waals surface area contributed by atoms with E-state index in [4.69, 9.17) is 0 Å². The fourth-order valence-corrected chi connectivity index (χ4v) is 4.00. The number of carbonyl (C=O) groups excluding carboxylic acids is 1. The fourth-order valence-electron chi connectivity index (χ4n) is 4.00. The van der Waals surface area contributed by atoms with Crippen molar-refractivity contribution in [2.45, 2.75) is 0 Å². The van der Waals surface area contributed by atoms with Crippen LogP contribution in [0.4, 0.5) is 21.8 Å². The Morgan fingerprint density at radius 1 is 1.06 bits per heavy atom. The summed E-state index contributed by atoms with van der Waals surface area (Å²) in [5.74, 6) is 0.415. The van der Waals surface area contributed by atoms with Crippen LogP contribution in [0.3, 0.4) is 0 Å². The Hall–Kier alpha value is -4.05. The zero-order chi connectivity index (χ0) is 23.7. The number of rotatable bonds is 5. The van der Waals surface area contributed by atoms with Gasteiger partial charge in [0.05, 0.1) is 34.9 Å². The average Bonchev–Trinajstić information content (AvgIpc) is 3.23. The van der Waals surface area contributed by atoms with Crippen LogP contribution in [0.15, 0.2) is 54.9 Å². The molecule has 3 aromatic heterocycles. The van der Waals surface area contributed by atoms with E-state index in [0.717, 1.165) is 31.9 Å². The molecule has 10 heteroatoms. The van der Waals surface area contributed by atoms with E-state index in [1.54, 1.807) is 43.0 Å². The zero-order valence-electron chi connectivity index (χ0n) is 19.0. The van der Waals surface area contributed by atoms with E-state index >= 15 is 0 Å². The summed E-state index contributed by atoms with van der Waals surface area (Å²) in [4.78, 5) is 25.6. The molecule has 4 aromatic rings. The molecule has 4 heterocycles. The zero-order valence-corrected chi connectivity index (χ0v) is 19.0. The van der Waals surface area contributed by atoms with Gasteiger partial charge >= 0.3 is 0 Å². The summed E-state index contributed by atoms with van der Waals surface area (Å²) in [6.07, 6.45) is 3.48. The van der Waals surface area contributed by atoms with Gasteiger partial charge in [-0.25, -0.2) is 18.9 Å². The summed E-state index contributed by atoms with van der Waals surface area (Å²) in [6.45, 7) is 3.81. The summed E-state index contributed by atoms with van der Waals surface area (Å²) in [6, 6.07) is 11.6. The van der Waals surface area contributed by atoms with Crippen LogP contribution in [0.1, 0.15) is 10.4 Å². The first-order valence-electron chi connectivity index (χ1n) is 11.0. The number of carbonyl (C=O) groups is 1. The van der Waals surface area contributed by atoms with E-state index in [0.29, 0.717) is 34.1 Å². The van der Waals surface area contributed by atoms with Gasteiger partial charge < -0.3 is 20.4 Å². The van der Waals surface area contributed by atoms with Crippen molar-refractivity contribution in [2.75, 3.05) is 50.5 Å². The number of piperazine rings is 1. The summed E-state index contributed by atoms with van der Waals surface area (Å²) < 4.78 is 15.2. The predicted octanol–water partition coefficient (Wildman–Crippen LogP) is 2.79. The Morgan fingerprint density at radius 3 is 2.50 bits per heavy atom. The monoisotopic (exact) mass is 460 g/mol. The summed E-state index contributed by atoms with van der Waals surface area (Å²) >= 11 is 0. The number of pyridine rings is 1. The SMILES string of the molecule is CN(C)C(=O)c1cc2cnc(Nc3ccc(N4CCNCC4)cn3)nn2c1-c1ccc(F)cc1. The molecule has 34 heavy (non-hydrogen) atoms. The number of fused-ring (bicyclic) bond motifs is 1. The third-order valence-electron chi connectivity index (χ3n) is 5.74. The Kier molecular flexibility index (Phi) is 5.81. The molecular weight excluding hydrogens is 435 g/mol. The van der Waals surface area contributed by atoms with Gasteiger partial charge in [0.1, 0.15) is 11.6 Å². The van der Waals surface area contributed by atoms with Crippen molar-refractivity contribution in [3.05, 3.63) is 66.2 Å². The highest BCUT2D eigenvalue weighted by Gasteiger charge is 2.21. The molecule has 174 valence electrons. The van der Waals surface area contributed by atoms with Crippen LogP contribution in [0, 0.1) is 5.82 Å². The van der Waals surface area contributed by atoms with Crippen molar-refractivity contribution in [3.8, 4) is 11.3 Å². The molecule has 1 aliphatic heterocycles. The maximum absolute atomic E-state index is 13.6. The highest BCUT2D eigenvalue weighted by Crippen LogP contribution is 2.28. The number of amides is 1. The largest absolute Gasteiger partial charge is 0.368 e. The molecule has 0 saturated carbocycles. The average molecular weight is 461 g/mol. The Morgan fingerprint density at radius 2 is 1.82 bits per heavy atom. The number of nitrogens with one attached hydrogen (secondary N) is 2. The van der Waals surface area contributed by atoms with Gasteiger partial charge in [-0.15, -0.1) is 5.10 Å². The van der Waals surface area contributed by atoms with E-state index < -0.39 is 0 Å². The van der Waals surface area contributed by atoms with E-state index in [1.165, 1.54) is 17.0 Å². The van der Waals surface area contributed by atoms with Crippen molar-refractivity contribution < 1.29 is 9.18 Å². The molecule has 2 N–H and O–H groups in total. The molecule has 1 fully saturated rings. The normalized spacial score (nSPS) is 13.8. The van der Waals surface area contributed by atoms with Gasteiger partial charge in [0, 0.05) is 45.8 Å². The molecular formula is C24H25FN8O. The highest BCUT2D eigenvalue weighted by molar-refractivity contribution is 6.02. The number of aromatic nitrogens is 4. The maximum Gasteiger partial charge on any atom is 0.255 e. The van der Waals surface area contributed by atoms with Crippen molar-refractivity contribution in [1.29, 1.82) is 0 Å². The number of nitrogens with zero attached hydrogens (tertiary/aromatic N) is 6. The van der Waals surface area contributed by atoms with Gasteiger partial charge in [-0.05, 0) is 42.5 Å². The van der Waals surface area contributed by atoms with Gasteiger partial charge in [-0.1, -0.05) is 0 Å². The molecule has 0 atom stereocenters. The van der Waals surface area contributed by atoms with Gasteiger partial charge in [0.25, 0.3) is 5.91 Å². The van der Waals surface area contributed by atoms with Crippen LogP contribution in [-0.2, 0) is 0 Å². The summed E-state index contributed by atoms with van der Waals surface area (Å²) in [7, 11) is 3.38. The third-order valence-corrected chi connectivity index (χ3v) is 5.74. The topological polar surface area (TPSA) is 90.7 Å². The highest BCUT2D eigenvalue weighted by atomic mass is 19.1. The molecule has 1 amide bonds. The molecule has 1 aromatic carbocycles. The van der Waals surface area contributed by atoms with Crippen LogP contribution in [-0.4, -0.2) is 70.7 Å². The summed E-state index contributed by atoms with van der Waals surface area (Å²) in [5.41, 5.74) is 3.42. The Balaban J connectivity index is 1.49. The van der Waals surface area contributed by atoms with Gasteiger partial charge in [-0.2, -0.15) is 0 Å². The minimum absolute atomic E-state index is 0.176. The molecule has 9 nitrogen and oxygen atoms in total. The van der Waals surface area contributed by atoms with Crippen LogP contribution in [0.25, 0.3) is 16.8 Å². The standard InChI is InChI=1S/C24H25FN8O/c1-31(2)23(34)20-13-19-15-28-24(30-33(19)22(20)16-3-5-17(25)6-4-16)29-21-8-7-18(14-27-21)32-11-9-26-10-12-32/h3-8,13-15,26H,9-12H2,1-2H3,(H,27,29,30). The van der Waals surface area contributed by atoms with E-state index in [9.17, 15) is 9.18 Å². The minimum atomic E-state index is -0.350. The molecule has 0 aliphatic carbocycles. The van der Waals surface area contributed by atoms with Gasteiger partial charge in [-0.3, -0.25) is 4.79 Å². The first-order valence-corrected chi connectivity index (χ1v) is 11.0. The molecule has 1 saturated heterocycles. The molecule has 0 unspecified atom stereocenters. The second-order valence-corrected chi connectivity index (χ2v) is 8.30. The van der Waals surface area contributed by atoms with Crippen LogP contribution in [0.2, 0.25) is 0 Å². The maximum atomic E-state index is 13.6. The lowest BCUT2D eigenvalue weighted by molar-refractivity contribution is 0.0828. The van der Waals surface area contributed by atoms with Gasteiger partial charge in [0.15, 0.2) is 0 Å². The van der Waals surface area contributed by atoms with Crippen molar-refractivity contribution in [1.82, 2.24) is 29.8 Å². The molecule has 1 aliphatic rings. The number of anilines is 3. The minimum Gasteiger partial charge on any atom is -0.368 e. The smallest absolute Gasteiger partial charge is 0.255 e. The lowest BCUT2D eigenvalue weighted by Gasteiger charge is -2.29. The predicted molar refractivity (Wildman–Crippen MR) is 129 cm³/mol. The van der Waals surface area contributed by atoms with E-state index in [2.05, 4.69) is 30.6 Å². The first-order chi connectivity index (χ1) is 16.5. The lowest BCUT2D eigenvalue weighted by Crippen LogP contribution is -2.43. The fraction of sp³-hybridized carbons (Fsp3) is 0.250. The summed E-state index contributed by atoms with van der Waals surface area (Å²) in [5, 5.41) is 11.1. The van der Waals surface area contributed by atoms with E-state index in [1.807, 2.05) is 18.3 Å². The second kappa shape index (κ2) is 9.06. The van der Waals surface area contributed by atoms with Crippen molar-refractivity contribution in [2.24, 2.45) is 0 Å². The number of hydrogen-bond acceptors (Lipinski definition) is 7. The van der Waals surface area contributed by atoms with Crippen LogP contribution in [0.5, 0.6) is 0 Å². The van der Waals surface area contributed by atoms with Gasteiger partial charge in [0.2, 0.25) is 5.95 Å². The van der Waals surface area contributed by atoms with Crippen molar-refractivity contribution >= 4 is 28.9 Å². The van der Waals surface area contributed by atoms with Crippen LogP contribution >= 0.6 is 0 Å². The number of halogens is 1. The molecule has 0 spiro atoms. The third kappa shape index (κ3) is 4.27. The second-order valence-electron chi connectivity index (χ2n) is 8.30. The molecule has 0 bridgehead atoms. The molecule has 0 radical (unpaired) electrons. The Bertz CT molecular complexity index is 1310. The quantitative estimate of drug-likeness (QED) is 0.473. The van der Waals surface area contributed by atoms with E-state index in [-0.39, 0.29) is 11.7 Å².